The van der Waals surface area contributed by atoms with Crippen LogP contribution in [0.25, 0.3) is 6.08 Å². The van der Waals surface area contributed by atoms with Gasteiger partial charge in [-0.3, -0.25) is 4.99 Å². The molecule has 0 aliphatic rings. The molecule has 0 radical (unpaired) electrons. The molecular formula is C20H20ClNO2. The van der Waals surface area contributed by atoms with Crippen LogP contribution in [0.5, 0.6) is 0 Å². The first-order valence-corrected chi connectivity index (χ1v) is 8.24. The van der Waals surface area contributed by atoms with Crippen molar-refractivity contribution in [3.8, 4) is 0 Å². The van der Waals surface area contributed by atoms with Crippen LogP contribution in [0.3, 0.4) is 0 Å². The Morgan fingerprint density at radius 1 is 1.12 bits per heavy atom. The summed E-state index contributed by atoms with van der Waals surface area (Å²) in [6.07, 6.45) is 6.08. The van der Waals surface area contributed by atoms with Gasteiger partial charge in [-0.2, -0.15) is 0 Å². The smallest absolute Gasteiger partial charge is 0.331 e. The van der Waals surface area contributed by atoms with Crippen LogP contribution >= 0.6 is 11.6 Å². The minimum absolute atomic E-state index is 0.319. The number of halogens is 1. The largest absolute Gasteiger partial charge is 0.464 e. The third-order valence-electron chi connectivity index (χ3n) is 3.30. The molecule has 3 nitrogen and oxygen atoms in total. The zero-order valence-corrected chi connectivity index (χ0v) is 14.3. The summed E-state index contributed by atoms with van der Waals surface area (Å²) in [5, 5.41) is 0.667. The first-order chi connectivity index (χ1) is 11.7. The molecule has 0 aliphatic carbocycles. The minimum Gasteiger partial charge on any atom is -0.464 e. The van der Waals surface area contributed by atoms with Gasteiger partial charge in [0.1, 0.15) is 0 Å². The van der Waals surface area contributed by atoms with Crippen LogP contribution in [-0.2, 0) is 9.53 Å². The maximum Gasteiger partial charge on any atom is 0.331 e. The first-order valence-electron chi connectivity index (χ1n) is 7.86. The van der Waals surface area contributed by atoms with Gasteiger partial charge in [0.2, 0.25) is 0 Å². The summed E-state index contributed by atoms with van der Waals surface area (Å²) in [6.45, 7) is 2.13. The van der Waals surface area contributed by atoms with E-state index in [9.17, 15) is 4.79 Å². The fourth-order valence-corrected chi connectivity index (χ4v) is 2.20. The maximum atomic E-state index is 12.1. The Morgan fingerprint density at radius 3 is 2.50 bits per heavy atom. The molecular weight excluding hydrogens is 322 g/mol. The van der Waals surface area contributed by atoms with Crippen LogP contribution < -0.4 is 0 Å². The Balaban J connectivity index is 2.05. The van der Waals surface area contributed by atoms with Crippen LogP contribution in [-0.4, -0.2) is 24.8 Å². The molecule has 24 heavy (non-hydrogen) atoms. The van der Waals surface area contributed by atoms with Gasteiger partial charge in [0.15, 0.2) is 6.04 Å². The normalized spacial score (nSPS) is 12.6. The standard InChI is InChI=1S/C20H20ClNO2/c1-2-24-20(23)19(10-6-9-16-7-4-3-5-8-16)22-15-17-11-13-18(21)14-12-17/h3-9,11-15,19H,2,10H2,1H3/b9-6+,22-15?. The number of carbonyl (C=O) groups excluding carboxylic acids is 1. The molecule has 0 aliphatic heterocycles. The molecule has 0 N–H and O–H groups in total. The van der Waals surface area contributed by atoms with E-state index in [1.165, 1.54) is 0 Å². The molecule has 2 aromatic carbocycles. The highest BCUT2D eigenvalue weighted by Gasteiger charge is 2.16. The second-order valence-electron chi connectivity index (χ2n) is 5.15. The van der Waals surface area contributed by atoms with E-state index in [2.05, 4.69) is 4.99 Å². The fourth-order valence-electron chi connectivity index (χ4n) is 2.08. The Bertz CT molecular complexity index is 693. The van der Waals surface area contributed by atoms with Crippen LogP contribution in [0.2, 0.25) is 5.02 Å². The van der Waals surface area contributed by atoms with Crippen LogP contribution in [0.15, 0.2) is 65.7 Å². The molecule has 124 valence electrons. The van der Waals surface area contributed by atoms with Crippen molar-refractivity contribution < 1.29 is 9.53 Å². The summed E-state index contributed by atoms with van der Waals surface area (Å²) in [6, 6.07) is 16.7. The number of carbonyl (C=O) groups is 1. The van der Waals surface area contributed by atoms with Gasteiger partial charge in [0.05, 0.1) is 6.61 Å². The summed E-state index contributed by atoms with van der Waals surface area (Å²) in [5.41, 5.74) is 1.97. The topological polar surface area (TPSA) is 38.7 Å². The molecule has 1 unspecified atom stereocenters. The Morgan fingerprint density at radius 2 is 1.83 bits per heavy atom. The molecule has 0 spiro atoms. The minimum atomic E-state index is -0.555. The average molecular weight is 342 g/mol. The Hall–Kier alpha value is -2.39. The van der Waals surface area contributed by atoms with Crippen molar-refractivity contribution in [2.24, 2.45) is 4.99 Å². The fraction of sp³-hybridized carbons (Fsp3) is 0.200. The van der Waals surface area contributed by atoms with Crippen molar-refractivity contribution in [1.29, 1.82) is 0 Å². The summed E-state index contributed by atoms with van der Waals surface area (Å²) >= 11 is 5.87. The maximum absolute atomic E-state index is 12.1. The molecule has 1 atom stereocenters. The third kappa shape index (κ3) is 6.01. The van der Waals surface area contributed by atoms with Crippen LogP contribution in [0.1, 0.15) is 24.5 Å². The molecule has 0 heterocycles. The summed E-state index contributed by atoms with van der Waals surface area (Å²) < 4.78 is 5.11. The number of ether oxygens (including phenoxy) is 1. The van der Waals surface area contributed by atoms with E-state index in [1.807, 2.05) is 54.6 Å². The van der Waals surface area contributed by atoms with Gasteiger partial charge in [-0.25, -0.2) is 4.79 Å². The van der Waals surface area contributed by atoms with Crippen molar-refractivity contribution in [2.45, 2.75) is 19.4 Å². The predicted molar refractivity (Wildman–Crippen MR) is 99.6 cm³/mol. The highest BCUT2D eigenvalue weighted by Crippen LogP contribution is 2.10. The van der Waals surface area contributed by atoms with Crippen LogP contribution in [0, 0.1) is 0 Å². The molecule has 0 amide bonds. The monoisotopic (exact) mass is 341 g/mol. The second-order valence-corrected chi connectivity index (χ2v) is 5.58. The lowest BCUT2D eigenvalue weighted by atomic mass is 10.1. The highest BCUT2D eigenvalue weighted by molar-refractivity contribution is 6.30. The van der Waals surface area contributed by atoms with Crippen molar-refractivity contribution in [3.63, 3.8) is 0 Å². The predicted octanol–water partition coefficient (Wildman–Crippen LogP) is 4.79. The molecule has 4 heteroatoms. The number of hydrogen-bond donors (Lipinski definition) is 0. The average Bonchev–Trinajstić information content (AvgIpc) is 2.60. The molecule has 2 aromatic rings. The number of rotatable bonds is 7. The number of aliphatic imine (C=N–C) groups is 1. The van der Waals surface area contributed by atoms with Crippen molar-refractivity contribution in [3.05, 3.63) is 76.8 Å². The number of nitrogens with zero attached hydrogens (tertiary/aromatic N) is 1. The molecule has 0 aromatic heterocycles. The van der Waals surface area contributed by atoms with Gasteiger partial charge < -0.3 is 4.74 Å². The third-order valence-corrected chi connectivity index (χ3v) is 3.55. The zero-order valence-electron chi connectivity index (χ0n) is 13.6. The summed E-state index contributed by atoms with van der Waals surface area (Å²) in [7, 11) is 0. The van der Waals surface area contributed by atoms with Crippen molar-refractivity contribution in [1.82, 2.24) is 0 Å². The lowest BCUT2D eigenvalue weighted by molar-refractivity contribution is -0.144. The highest BCUT2D eigenvalue weighted by atomic mass is 35.5. The van der Waals surface area contributed by atoms with E-state index in [1.54, 1.807) is 25.3 Å². The second kappa shape index (κ2) is 9.68. The van der Waals surface area contributed by atoms with E-state index in [4.69, 9.17) is 16.3 Å². The van der Waals surface area contributed by atoms with Gasteiger partial charge in [0.25, 0.3) is 0 Å². The van der Waals surface area contributed by atoms with Gasteiger partial charge in [0, 0.05) is 11.2 Å². The zero-order chi connectivity index (χ0) is 17.2. The Kier molecular flexibility index (Phi) is 7.24. The number of esters is 1. The van der Waals surface area contributed by atoms with E-state index in [0.717, 1.165) is 11.1 Å². The van der Waals surface area contributed by atoms with E-state index in [0.29, 0.717) is 18.1 Å². The van der Waals surface area contributed by atoms with Gasteiger partial charge >= 0.3 is 5.97 Å². The van der Waals surface area contributed by atoms with Crippen molar-refractivity contribution >= 4 is 29.9 Å². The quantitative estimate of drug-likeness (QED) is 0.536. The lowest BCUT2D eigenvalue weighted by Gasteiger charge is -2.09. The molecule has 0 saturated carbocycles. The van der Waals surface area contributed by atoms with Crippen LogP contribution in [0.4, 0.5) is 0 Å². The first kappa shape index (κ1) is 18.0. The van der Waals surface area contributed by atoms with Gasteiger partial charge in [-0.15, -0.1) is 0 Å². The van der Waals surface area contributed by atoms with E-state index < -0.39 is 6.04 Å². The lowest BCUT2D eigenvalue weighted by Crippen LogP contribution is -2.21. The molecule has 2 rings (SSSR count). The van der Waals surface area contributed by atoms with E-state index in [-0.39, 0.29) is 5.97 Å². The summed E-state index contributed by atoms with van der Waals surface area (Å²) in [4.78, 5) is 16.4. The van der Waals surface area contributed by atoms with E-state index >= 15 is 0 Å². The molecule has 0 fully saturated rings. The Labute approximate surface area is 147 Å². The number of hydrogen-bond acceptors (Lipinski definition) is 3. The molecule has 0 saturated heterocycles. The molecule has 0 bridgehead atoms. The van der Waals surface area contributed by atoms with Gasteiger partial charge in [-0.1, -0.05) is 66.2 Å². The van der Waals surface area contributed by atoms with Gasteiger partial charge in [-0.05, 0) is 36.6 Å². The summed E-state index contributed by atoms with van der Waals surface area (Å²) in [5.74, 6) is -0.319. The van der Waals surface area contributed by atoms with Crippen molar-refractivity contribution in [2.75, 3.05) is 6.61 Å². The SMILES string of the molecule is CCOC(=O)C(C/C=C/c1ccccc1)N=Cc1ccc(Cl)cc1. The number of benzene rings is 2.